The van der Waals surface area contributed by atoms with Crippen LogP contribution in [-0.4, -0.2) is 32.0 Å². The van der Waals surface area contributed by atoms with Crippen molar-refractivity contribution in [3.05, 3.63) is 92.3 Å². The van der Waals surface area contributed by atoms with Crippen molar-refractivity contribution >= 4 is 62.9 Å². The van der Waals surface area contributed by atoms with Crippen LogP contribution in [0.5, 0.6) is 5.75 Å². The van der Waals surface area contributed by atoms with E-state index in [1.54, 1.807) is 7.11 Å². The molecule has 0 fully saturated rings. The van der Waals surface area contributed by atoms with E-state index in [9.17, 15) is 9.59 Å². The lowest BCUT2D eigenvalue weighted by Gasteiger charge is -2.29. The first kappa shape index (κ1) is 24.4. The molecule has 0 radical (unpaired) electrons. The molecule has 0 spiro atoms. The molecule has 0 aliphatic carbocycles. The maximum atomic E-state index is 13.4. The van der Waals surface area contributed by atoms with Crippen molar-refractivity contribution in [3.8, 4) is 5.75 Å². The molecule has 0 unspecified atom stereocenters. The minimum Gasteiger partial charge on any atom is -0.496 e. The number of para-hydroxylation sites is 1. The number of rotatable bonds is 7. The zero-order chi connectivity index (χ0) is 24.1. The summed E-state index contributed by atoms with van der Waals surface area (Å²) in [5.41, 5.74) is 2.67. The number of hydrogen-bond acceptors (Lipinski definition) is 4. The summed E-state index contributed by atoms with van der Waals surface area (Å²) in [5, 5.41) is 3.60. The molecule has 0 aromatic heterocycles. The number of halogens is 2. The van der Waals surface area contributed by atoms with E-state index in [1.807, 2.05) is 72.8 Å². The lowest BCUT2D eigenvalue weighted by atomic mass is 10.1. The molecule has 34 heavy (non-hydrogen) atoms. The van der Waals surface area contributed by atoms with Gasteiger partial charge >= 0.3 is 0 Å². The van der Waals surface area contributed by atoms with Crippen LogP contribution in [0.4, 0.5) is 5.69 Å². The van der Waals surface area contributed by atoms with Crippen molar-refractivity contribution < 1.29 is 14.3 Å². The van der Waals surface area contributed by atoms with Gasteiger partial charge in [-0.25, -0.2) is 0 Å². The monoisotopic (exact) mass is 556 g/mol. The van der Waals surface area contributed by atoms with Crippen LogP contribution in [0.1, 0.15) is 11.1 Å². The fourth-order valence-electron chi connectivity index (χ4n) is 3.54. The highest BCUT2D eigenvalue weighted by molar-refractivity contribution is 9.10. The number of thioether (sulfide) groups is 1. The summed E-state index contributed by atoms with van der Waals surface area (Å²) >= 11 is 10.8. The number of carbonyl (C=O) groups is 2. The normalized spacial score (nSPS) is 14.1. The fourth-order valence-corrected chi connectivity index (χ4v) is 5.28. The Kier molecular flexibility index (Phi) is 7.98. The Morgan fingerprint density at radius 2 is 1.91 bits per heavy atom. The molecule has 2 amide bonds. The number of ether oxygens (including phenoxy) is 1. The molecule has 1 aliphatic heterocycles. The second-order valence-corrected chi connectivity index (χ2v) is 9.96. The van der Waals surface area contributed by atoms with E-state index in [-0.39, 0.29) is 18.4 Å². The van der Waals surface area contributed by atoms with Crippen molar-refractivity contribution in [3.63, 3.8) is 0 Å². The standard InChI is InChI=1S/C26H22BrClN2O3S/c1-33-22-11-8-18(14-20(22)27)15-24-26(32)30(21-4-2-3-5-23(21)34-24)16-25(31)29-13-12-17-6-9-19(28)10-7-17/h2-11,14-15H,12-13,16H2,1H3,(H,29,31)/b24-15+. The molecule has 0 bridgehead atoms. The Morgan fingerprint density at radius 3 is 2.65 bits per heavy atom. The van der Waals surface area contributed by atoms with E-state index in [2.05, 4.69) is 21.2 Å². The lowest BCUT2D eigenvalue weighted by Crippen LogP contribution is -2.43. The summed E-state index contributed by atoms with van der Waals surface area (Å²) in [5.74, 6) is 0.297. The lowest BCUT2D eigenvalue weighted by molar-refractivity contribution is -0.122. The quantitative estimate of drug-likeness (QED) is 0.365. The molecule has 0 saturated heterocycles. The molecular weight excluding hydrogens is 536 g/mol. The Bertz CT molecular complexity index is 1250. The number of anilines is 1. The second-order valence-electron chi connectivity index (χ2n) is 7.59. The molecule has 3 aromatic rings. The summed E-state index contributed by atoms with van der Waals surface area (Å²) in [6, 6.07) is 20.8. The van der Waals surface area contributed by atoms with Crippen LogP contribution < -0.4 is 15.0 Å². The first-order valence-electron chi connectivity index (χ1n) is 10.6. The van der Waals surface area contributed by atoms with Gasteiger partial charge < -0.3 is 10.1 Å². The number of methoxy groups -OCH3 is 1. The van der Waals surface area contributed by atoms with Crippen LogP contribution in [0.15, 0.2) is 81.0 Å². The number of benzene rings is 3. The predicted octanol–water partition coefficient (Wildman–Crippen LogP) is 5.95. The third kappa shape index (κ3) is 5.84. The van der Waals surface area contributed by atoms with Crippen molar-refractivity contribution in [2.24, 2.45) is 0 Å². The summed E-state index contributed by atoms with van der Waals surface area (Å²) in [7, 11) is 1.61. The third-order valence-corrected chi connectivity index (χ3v) is 7.21. The summed E-state index contributed by atoms with van der Waals surface area (Å²) in [6.45, 7) is 0.419. The van der Waals surface area contributed by atoms with Crippen LogP contribution >= 0.6 is 39.3 Å². The van der Waals surface area contributed by atoms with Crippen LogP contribution in [0, 0.1) is 0 Å². The highest BCUT2D eigenvalue weighted by Gasteiger charge is 2.30. The highest BCUT2D eigenvalue weighted by atomic mass is 79.9. The van der Waals surface area contributed by atoms with Crippen molar-refractivity contribution in [1.82, 2.24) is 5.32 Å². The van der Waals surface area contributed by atoms with Gasteiger partial charge in [-0.2, -0.15) is 0 Å². The van der Waals surface area contributed by atoms with Gasteiger partial charge in [-0.05, 0) is 76.0 Å². The molecule has 5 nitrogen and oxygen atoms in total. The summed E-state index contributed by atoms with van der Waals surface area (Å²) in [4.78, 5) is 29.1. The van der Waals surface area contributed by atoms with Gasteiger partial charge in [0.2, 0.25) is 5.91 Å². The van der Waals surface area contributed by atoms with E-state index in [4.69, 9.17) is 16.3 Å². The Labute approximate surface area is 216 Å². The fraction of sp³-hybridized carbons (Fsp3) is 0.154. The zero-order valence-electron chi connectivity index (χ0n) is 18.4. The maximum Gasteiger partial charge on any atom is 0.265 e. The summed E-state index contributed by atoms with van der Waals surface area (Å²) in [6.07, 6.45) is 2.51. The van der Waals surface area contributed by atoms with Gasteiger partial charge in [0.15, 0.2) is 0 Å². The van der Waals surface area contributed by atoms with E-state index >= 15 is 0 Å². The average molecular weight is 558 g/mol. The number of carbonyl (C=O) groups excluding carboxylic acids is 2. The van der Waals surface area contributed by atoms with Gasteiger partial charge in [-0.3, -0.25) is 14.5 Å². The molecule has 3 aromatic carbocycles. The predicted molar refractivity (Wildman–Crippen MR) is 141 cm³/mol. The number of fused-ring (bicyclic) bond motifs is 1. The SMILES string of the molecule is COc1ccc(/C=C2/Sc3ccccc3N(CC(=O)NCCc3ccc(Cl)cc3)C2=O)cc1Br. The smallest absolute Gasteiger partial charge is 0.265 e. The second kappa shape index (κ2) is 11.1. The van der Waals surface area contributed by atoms with E-state index < -0.39 is 0 Å². The Balaban J connectivity index is 1.49. The van der Waals surface area contributed by atoms with E-state index in [0.29, 0.717) is 28.6 Å². The molecule has 174 valence electrons. The van der Waals surface area contributed by atoms with Crippen molar-refractivity contribution in [2.75, 3.05) is 25.1 Å². The number of amides is 2. The zero-order valence-corrected chi connectivity index (χ0v) is 21.5. The highest BCUT2D eigenvalue weighted by Crippen LogP contribution is 2.42. The number of nitrogens with one attached hydrogen (secondary N) is 1. The number of nitrogens with zero attached hydrogens (tertiary/aromatic N) is 1. The molecule has 1 N–H and O–H groups in total. The van der Waals surface area contributed by atoms with Crippen molar-refractivity contribution in [2.45, 2.75) is 11.3 Å². The van der Waals surface area contributed by atoms with Gasteiger partial charge in [0.05, 0.1) is 22.2 Å². The number of hydrogen-bond donors (Lipinski definition) is 1. The first-order valence-corrected chi connectivity index (χ1v) is 12.6. The minimum atomic E-state index is -0.212. The van der Waals surface area contributed by atoms with Gasteiger partial charge in [-0.1, -0.05) is 53.7 Å². The molecule has 0 saturated carbocycles. The van der Waals surface area contributed by atoms with Crippen LogP contribution in [-0.2, 0) is 16.0 Å². The maximum absolute atomic E-state index is 13.4. The molecule has 1 heterocycles. The van der Waals surface area contributed by atoms with Gasteiger partial charge in [-0.15, -0.1) is 0 Å². The van der Waals surface area contributed by atoms with E-state index in [0.717, 1.165) is 26.2 Å². The Morgan fingerprint density at radius 1 is 1.15 bits per heavy atom. The molecule has 1 aliphatic rings. The van der Waals surface area contributed by atoms with E-state index in [1.165, 1.54) is 16.7 Å². The van der Waals surface area contributed by atoms with Gasteiger partial charge in [0.1, 0.15) is 12.3 Å². The molecule has 4 rings (SSSR count). The molecular formula is C26H22BrClN2O3S. The first-order chi connectivity index (χ1) is 16.4. The Hall–Kier alpha value is -2.74. The summed E-state index contributed by atoms with van der Waals surface area (Å²) < 4.78 is 6.09. The van der Waals surface area contributed by atoms with Crippen LogP contribution in [0.3, 0.4) is 0 Å². The largest absolute Gasteiger partial charge is 0.496 e. The van der Waals surface area contributed by atoms with Crippen LogP contribution in [0.25, 0.3) is 6.08 Å². The van der Waals surface area contributed by atoms with Gasteiger partial charge in [0.25, 0.3) is 5.91 Å². The average Bonchev–Trinajstić information content (AvgIpc) is 2.83. The molecule has 0 atom stereocenters. The topological polar surface area (TPSA) is 58.6 Å². The molecule has 8 heteroatoms. The third-order valence-electron chi connectivity index (χ3n) is 5.26. The van der Waals surface area contributed by atoms with Crippen LogP contribution in [0.2, 0.25) is 5.02 Å². The minimum absolute atomic E-state index is 0.0549. The van der Waals surface area contributed by atoms with Crippen molar-refractivity contribution in [1.29, 1.82) is 0 Å². The van der Waals surface area contributed by atoms with Gasteiger partial charge in [0, 0.05) is 16.5 Å².